The van der Waals surface area contributed by atoms with E-state index >= 15 is 0 Å². The molecule has 0 bridgehead atoms. The van der Waals surface area contributed by atoms with E-state index in [-0.39, 0.29) is 37.5 Å². The van der Waals surface area contributed by atoms with Gasteiger partial charge in [0, 0.05) is 19.3 Å². The first-order chi connectivity index (χ1) is 39.0. The van der Waals surface area contributed by atoms with Gasteiger partial charge in [0.15, 0.2) is 6.10 Å². The maximum Gasteiger partial charge on any atom is 0.306 e. The molecule has 6 nitrogen and oxygen atoms in total. The SMILES string of the molecule is CC/C=C\C/C=C\C/C=C\C/C=C\C/C=C\C/C=C\CCC(=O)OC[C@H](COC(=O)CCCCCCCCCCCCC/C=C\CCCCCCCC)OC(=O)CCCCCCCCCCCCC/C=C\CCCCCCCC. The van der Waals surface area contributed by atoms with Crippen LogP contribution in [0.3, 0.4) is 0 Å². The van der Waals surface area contributed by atoms with E-state index in [1.165, 1.54) is 205 Å². The highest BCUT2D eigenvalue weighted by molar-refractivity contribution is 5.71. The van der Waals surface area contributed by atoms with Gasteiger partial charge in [0.25, 0.3) is 0 Å². The Morgan fingerprint density at radius 1 is 0.266 bits per heavy atom. The molecule has 0 aromatic heterocycles. The van der Waals surface area contributed by atoms with Gasteiger partial charge in [-0.25, -0.2) is 0 Å². The number of rotatable bonds is 61. The Morgan fingerprint density at radius 2 is 0.519 bits per heavy atom. The van der Waals surface area contributed by atoms with Crippen LogP contribution in [0, 0.1) is 0 Å². The Balaban J connectivity index is 4.45. The van der Waals surface area contributed by atoms with Crippen molar-refractivity contribution in [2.45, 2.75) is 335 Å². The summed E-state index contributed by atoms with van der Waals surface area (Å²) in [6, 6.07) is 0. The first kappa shape index (κ1) is 75.3. The molecule has 0 spiro atoms. The predicted molar refractivity (Wildman–Crippen MR) is 344 cm³/mol. The second-order valence-corrected chi connectivity index (χ2v) is 22.3. The third-order valence-electron chi connectivity index (χ3n) is 14.6. The lowest BCUT2D eigenvalue weighted by Gasteiger charge is -2.18. The van der Waals surface area contributed by atoms with Crippen molar-refractivity contribution in [3.8, 4) is 0 Å². The minimum Gasteiger partial charge on any atom is -0.462 e. The van der Waals surface area contributed by atoms with Gasteiger partial charge in [0.05, 0.1) is 0 Å². The van der Waals surface area contributed by atoms with Crippen LogP contribution in [0.5, 0.6) is 0 Å². The average molecular weight is 1100 g/mol. The van der Waals surface area contributed by atoms with Crippen LogP contribution < -0.4 is 0 Å². The maximum atomic E-state index is 12.9. The Morgan fingerprint density at radius 3 is 0.848 bits per heavy atom. The third-order valence-corrected chi connectivity index (χ3v) is 14.6. The summed E-state index contributed by atoms with van der Waals surface area (Å²) >= 11 is 0. The van der Waals surface area contributed by atoms with Gasteiger partial charge in [-0.05, 0) is 109 Å². The molecule has 454 valence electrons. The van der Waals surface area contributed by atoms with Crippen molar-refractivity contribution in [3.05, 3.63) is 97.2 Å². The summed E-state index contributed by atoms with van der Waals surface area (Å²) in [4.78, 5) is 38.4. The Labute approximate surface area is 489 Å². The molecule has 0 saturated carbocycles. The van der Waals surface area contributed by atoms with E-state index in [0.717, 1.165) is 77.0 Å². The van der Waals surface area contributed by atoms with Crippen molar-refractivity contribution < 1.29 is 28.6 Å². The van der Waals surface area contributed by atoms with Gasteiger partial charge in [0.1, 0.15) is 13.2 Å². The number of ether oxygens (including phenoxy) is 3. The number of hydrogen-bond donors (Lipinski definition) is 0. The fourth-order valence-corrected chi connectivity index (χ4v) is 9.52. The van der Waals surface area contributed by atoms with Gasteiger partial charge in [-0.2, -0.15) is 0 Å². The minimum atomic E-state index is -0.811. The van der Waals surface area contributed by atoms with E-state index in [1.807, 2.05) is 6.08 Å². The second-order valence-electron chi connectivity index (χ2n) is 22.3. The summed E-state index contributed by atoms with van der Waals surface area (Å²) in [5, 5.41) is 0. The third kappa shape index (κ3) is 65.0. The fraction of sp³-hybridized carbons (Fsp3) is 0.740. The molecule has 0 aliphatic rings. The van der Waals surface area contributed by atoms with E-state index in [2.05, 4.69) is 112 Å². The molecular formula is C73H126O6. The summed E-state index contributed by atoms with van der Waals surface area (Å²) in [6.45, 7) is 6.49. The van der Waals surface area contributed by atoms with Gasteiger partial charge in [-0.3, -0.25) is 14.4 Å². The van der Waals surface area contributed by atoms with E-state index in [4.69, 9.17) is 14.2 Å². The van der Waals surface area contributed by atoms with Crippen LogP contribution in [0.1, 0.15) is 329 Å². The summed E-state index contributed by atoms with van der Waals surface area (Å²) in [5.74, 6) is -0.976. The molecule has 0 amide bonds. The van der Waals surface area contributed by atoms with Crippen LogP contribution in [0.25, 0.3) is 0 Å². The molecule has 0 aliphatic carbocycles. The molecule has 0 radical (unpaired) electrons. The molecule has 0 rings (SSSR count). The first-order valence-electron chi connectivity index (χ1n) is 33.7. The number of carbonyl (C=O) groups excluding carboxylic acids is 3. The van der Waals surface area contributed by atoms with Crippen molar-refractivity contribution >= 4 is 17.9 Å². The van der Waals surface area contributed by atoms with Gasteiger partial charge >= 0.3 is 17.9 Å². The molecule has 0 N–H and O–H groups in total. The van der Waals surface area contributed by atoms with E-state index < -0.39 is 6.10 Å². The second kappa shape index (κ2) is 66.8. The molecule has 0 heterocycles. The zero-order valence-corrected chi connectivity index (χ0v) is 52.1. The minimum absolute atomic E-state index is 0.0999. The molecule has 6 heteroatoms. The molecule has 0 aromatic rings. The molecule has 0 aliphatic heterocycles. The predicted octanol–water partition coefficient (Wildman–Crippen LogP) is 23.2. The van der Waals surface area contributed by atoms with Gasteiger partial charge in [0.2, 0.25) is 0 Å². The van der Waals surface area contributed by atoms with Crippen molar-refractivity contribution in [1.29, 1.82) is 0 Å². The van der Waals surface area contributed by atoms with E-state index in [1.54, 1.807) is 0 Å². The van der Waals surface area contributed by atoms with E-state index in [0.29, 0.717) is 19.3 Å². The van der Waals surface area contributed by atoms with Crippen LogP contribution in [0.15, 0.2) is 97.2 Å². The van der Waals surface area contributed by atoms with Crippen LogP contribution >= 0.6 is 0 Å². The lowest BCUT2D eigenvalue weighted by molar-refractivity contribution is -0.166. The zero-order chi connectivity index (χ0) is 57.1. The molecule has 0 aromatic carbocycles. The number of carbonyl (C=O) groups is 3. The highest BCUT2D eigenvalue weighted by atomic mass is 16.6. The Bertz CT molecular complexity index is 1540. The van der Waals surface area contributed by atoms with Crippen LogP contribution in [0.2, 0.25) is 0 Å². The monoisotopic (exact) mass is 1100 g/mol. The molecule has 0 unspecified atom stereocenters. The average Bonchev–Trinajstić information content (AvgIpc) is 3.45. The van der Waals surface area contributed by atoms with E-state index in [9.17, 15) is 14.4 Å². The van der Waals surface area contributed by atoms with Crippen molar-refractivity contribution in [1.82, 2.24) is 0 Å². The lowest BCUT2D eigenvalue weighted by atomic mass is 10.0. The van der Waals surface area contributed by atoms with Gasteiger partial charge < -0.3 is 14.2 Å². The normalized spacial score (nSPS) is 12.7. The Kier molecular flexibility index (Phi) is 63.7. The van der Waals surface area contributed by atoms with Crippen molar-refractivity contribution in [3.63, 3.8) is 0 Å². The van der Waals surface area contributed by atoms with Gasteiger partial charge in [-0.1, -0.05) is 298 Å². The molecule has 79 heavy (non-hydrogen) atoms. The molecule has 0 saturated heterocycles. The van der Waals surface area contributed by atoms with Crippen molar-refractivity contribution in [2.75, 3.05) is 13.2 Å². The standard InChI is InChI=1S/C73H126O6/c1-4-7-10-13-16-19-22-25-28-31-34-36-39-42-45-48-51-54-57-60-63-66-72(75)78-69-70(68-77-71(74)65-62-59-56-53-50-47-44-41-38-33-30-27-24-21-18-15-12-9-6-3)79-73(76)67-64-61-58-55-52-49-46-43-40-37-35-32-29-26-23-20-17-14-11-8-5-2/h9,12,18,21,25-30,38,41,47,50,56,59,70H,4-8,10-11,13-17,19-20,22-24,31-37,39-40,42-46,48-49,51-55,57-58,60-69H2,1-3H3/b12-9-,21-18-,28-25-,29-26-,30-27-,41-38-,50-47-,59-56-/t70-/m1/s1. The smallest absolute Gasteiger partial charge is 0.306 e. The quantitative estimate of drug-likeness (QED) is 0.0261. The summed E-state index contributed by atoms with van der Waals surface area (Å²) in [6.07, 6.45) is 90.0. The van der Waals surface area contributed by atoms with Crippen LogP contribution in [0.4, 0.5) is 0 Å². The van der Waals surface area contributed by atoms with Crippen molar-refractivity contribution in [2.24, 2.45) is 0 Å². The number of allylic oxidation sites excluding steroid dienone is 16. The molecule has 0 fully saturated rings. The van der Waals surface area contributed by atoms with Crippen LogP contribution in [-0.2, 0) is 28.6 Å². The highest BCUT2D eigenvalue weighted by Crippen LogP contribution is 2.17. The maximum absolute atomic E-state index is 12.9. The topological polar surface area (TPSA) is 78.9 Å². The number of esters is 3. The fourth-order valence-electron chi connectivity index (χ4n) is 9.52. The summed E-state index contributed by atoms with van der Waals surface area (Å²) in [7, 11) is 0. The molecular weight excluding hydrogens is 973 g/mol. The summed E-state index contributed by atoms with van der Waals surface area (Å²) < 4.78 is 16.9. The first-order valence-corrected chi connectivity index (χ1v) is 33.7. The Hall–Kier alpha value is -3.67. The molecule has 1 atom stereocenters. The summed E-state index contributed by atoms with van der Waals surface area (Å²) in [5.41, 5.74) is 0. The van der Waals surface area contributed by atoms with Gasteiger partial charge in [-0.15, -0.1) is 0 Å². The number of hydrogen-bond acceptors (Lipinski definition) is 6. The lowest BCUT2D eigenvalue weighted by Crippen LogP contribution is -2.30. The highest BCUT2D eigenvalue weighted by Gasteiger charge is 2.19. The van der Waals surface area contributed by atoms with Crippen LogP contribution in [-0.4, -0.2) is 37.2 Å². The number of unbranched alkanes of at least 4 members (excludes halogenated alkanes) is 34. The largest absolute Gasteiger partial charge is 0.462 e. The zero-order valence-electron chi connectivity index (χ0n) is 52.1.